The second kappa shape index (κ2) is 21.6. The molecule has 0 spiro atoms. The number of rotatable bonds is 6. The number of benzene rings is 6. The van der Waals surface area contributed by atoms with Gasteiger partial charge in [0, 0.05) is 89.6 Å². The summed E-state index contributed by atoms with van der Waals surface area (Å²) in [6.07, 6.45) is 0. The monoisotopic (exact) mass is 924 g/mol. The van der Waals surface area contributed by atoms with Crippen LogP contribution in [0.4, 0.5) is 11.6 Å². The molecule has 0 saturated carbocycles. The van der Waals surface area contributed by atoms with Crippen LogP contribution >= 0.6 is 11.6 Å². The van der Waals surface area contributed by atoms with Gasteiger partial charge in [-0.25, -0.2) is 0 Å². The molecule has 6 aromatic carbocycles. The average Bonchev–Trinajstić information content (AvgIpc) is 3.37. The van der Waals surface area contributed by atoms with Crippen LogP contribution in [0.1, 0.15) is 45.7 Å². The van der Waals surface area contributed by atoms with Gasteiger partial charge in [0.1, 0.15) is 5.69 Å². The van der Waals surface area contributed by atoms with Gasteiger partial charge >= 0.3 is 7.12 Å². The molecule has 2 N–H and O–H groups in total. The number of piperazine rings is 2. The fourth-order valence-corrected chi connectivity index (χ4v) is 8.88. The summed E-state index contributed by atoms with van der Waals surface area (Å²) in [6.45, 7) is 12.3. The molecule has 2 aromatic heterocycles. The van der Waals surface area contributed by atoms with Crippen LogP contribution in [0.2, 0.25) is 5.15 Å². The first-order valence-electron chi connectivity index (χ1n) is 22.8. The molecule has 344 valence electrons. The van der Waals surface area contributed by atoms with Crippen LogP contribution in [0.3, 0.4) is 0 Å². The van der Waals surface area contributed by atoms with Crippen LogP contribution in [0.15, 0.2) is 158 Å². The van der Waals surface area contributed by atoms with Gasteiger partial charge in [-0.1, -0.05) is 156 Å². The highest BCUT2D eigenvalue weighted by Crippen LogP contribution is 2.34. The second-order valence-electron chi connectivity index (χ2n) is 17.2. The molecule has 10 rings (SSSR count). The highest BCUT2D eigenvalue weighted by molar-refractivity contribution is 6.58. The first kappa shape index (κ1) is 47.3. The normalized spacial score (nSPS) is 15.8. The van der Waals surface area contributed by atoms with Crippen LogP contribution in [0.5, 0.6) is 0 Å². The average molecular weight is 925 g/mol. The third-order valence-electron chi connectivity index (χ3n) is 12.4. The number of anilines is 2. The summed E-state index contributed by atoms with van der Waals surface area (Å²) < 4.78 is 0. The van der Waals surface area contributed by atoms with Crippen molar-refractivity contribution in [1.29, 1.82) is 0 Å². The van der Waals surface area contributed by atoms with Gasteiger partial charge in [0.05, 0.1) is 0 Å². The number of carbonyl (C=O) groups is 2. The summed E-state index contributed by atoms with van der Waals surface area (Å²) in [7, 11) is -1.35. The number of halogens is 1. The molecule has 0 unspecified atom stereocenters. The van der Waals surface area contributed by atoms with E-state index in [1.165, 1.54) is 5.56 Å². The molecule has 2 saturated heterocycles. The topological polar surface area (TPSA) is 139 Å². The lowest BCUT2D eigenvalue weighted by Gasteiger charge is -2.40. The van der Waals surface area contributed by atoms with Gasteiger partial charge in [0.2, 0.25) is 0 Å². The van der Waals surface area contributed by atoms with Gasteiger partial charge in [0.25, 0.3) is 11.8 Å². The lowest BCUT2D eigenvalue weighted by molar-refractivity contribution is 0.0719. The largest absolute Gasteiger partial charge is 0.488 e. The summed E-state index contributed by atoms with van der Waals surface area (Å²) in [6, 6.07) is 50.9. The predicted molar refractivity (Wildman–Crippen MR) is 274 cm³/mol. The molecular weight excluding hydrogens is 871 g/mol. The Morgan fingerprint density at radius 3 is 1.40 bits per heavy atom. The zero-order valence-corrected chi connectivity index (χ0v) is 39.4. The van der Waals surface area contributed by atoms with Crippen molar-refractivity contribution in [3.05, 3.63) is 185 Å². The third kappa shape index (κ3) is 10.8. The van der Waals surface area contributed by atoms with Crippen LogP contribution in [-0.2, 0) is 0 Å². The van der Waals surface area contributed by atoms with Crippen molar-refractivity contribution >= 4 is 69.2 Å². The van der Waals surface area contributed by atoms with Gasteiger partial charge < -0.3 is 29.6 Å². The Morgan fingerprint density at radius 2 is 0.926 bits per heavy atom. The minimum Gasteiger partial charge on any atom is -0.423 e. The van der Waals surface area contributed by atoms with Crippen molar-refractivity contribution in [1.82, 2.24) is 30.2 Å². The van der Waals surface area contributed by atoms with Crippen molar-refractivity contribution < 1.29 is 19.6 Å². The van der Waals surface area contributed by atoms with Crippen molar-refractivity contribution in [2.75, 3.05) is 49.1 Å². The van der Waals surface area contributed by atoms with E-state index in [0.29, 0.717) is 43.3 Å². The third-order valence-corrected chi connectivity index (χ3v) is 12.7. The number of fused-ring (bicyclic) bond motifs is 2. The molecule has 2 atom stereocenters. The summed E-state index contributed by atoms with van der Waals surface area (Å²) in [4.78, 5) is 33.9. The maximum Gasteiger partial charge on any atom is 0.488 e. The molecule has 0 radical (unpaired) electrons. The summed E-state index contributed by atoms with van der Waals surface area (Å²) >= 11 is 6.19. The van der Waals surface area contributed by atoms with Crippen molar-refractivity contribution in [2.45, 2.75) is 39.8 Å². The molecule has 0 bridgehead atoms. The van der Waals surface area contributed by atoms with Gasteiger partial charge in [-0.2, -0.15) is 0 Å². The van der Waals surface area contributed by atoms with Crippen LogP contribution < -0.4 is 15.3 Å². The minimum absolute atomic E-state index is 0.0733. The molecule has 0 aliphatic carbocycles. The van der Waals surface area contributed by atoms with E-state index in [2.05, 4.69) is 87.4 Å². The summed E-state index contributed by atoms with van der Waals surface area (Å²) in [5.74, 6) is 1.87. The fraction of sp³-hybridized carbons (Fsp3) is 0.222. The molecule has 4 heterocycles. The van der Waals surface area contributed by atoms with Crippen molar-refractivity contribution in [2.24, 2.45) is 0 Å². The van der Waals surface area contributed by atoms with Gasteiger partial charge in [-0.3, -0.25) is 9.59 Å². The minimum atomic E-state index is -1.35. The van der Waals surface area contributed by atoms with Crippen molar-refractivity contribution in [3.63, 3.8) is 0 Å². The lowest BCUT2D eigenvalue weighted by Crippen LogP contribution is -2.54. The summed E-state index contributed by atoms with van der Waals surface area (Å²) in [5, 5.41) is 39.6. The second-order valence-corrected chi connectivity index (χ2v) is 17.6. The maximum absolute atomic E-state index is 12.9. The number of aryl methyl sites for hydroxylation is 2. The molecule has 2 aliphatic rings. The molecule has 14 heteroatoms. The SMILES string of the molecule is C[C@@H]1CN(C(=O)c2ccccc2)CCN1c1nnc(Cl)c2ccccc12.Cc1ccc(-c2nnc(N3CCN(C(=O)c4ccccc4)C[C@H]3C)c3ccccc23)cc1.Cc1ccc(B(O)O)cc1. The van der Waals surface area contributed by atoms with Crippen LogP contribution in [0, 0.1) is 13.8 Å². The van der Waals surface area contributed by atoms with E-state index in [9.17, 15) is 9.59 Å². The Labute approximate surface area is 402 Å². The Morgan fingerprint density at radius 1 is 0.515 bits per heavy atom. The Bertz CT molecular complexity index is 2980. The molecule has 68 heavy (non-hydrogen) atoms. The van der Waals surface area contributed by atoms with E-state index in [1.807, 2.05) is 126 Å². The van der Waals surface area contributed by atoms with Gasteiger partial charge in [0.15, 0.2) is 16.8 Å². The molecular formula is C54H54BClN8O4. The highest BCUT2D eigenvalue weighted by atomic mass is 35.5. The van der Waals surface area contributed by atoms with E-state index in [-0.39, 0.29) is 23.9 Å². The van der Waals surface area contributed by atoms with E-state index >= 15 is 0 Å². The highest BCUT2D eigenvalue weighted by Gasteiger charge is 2.31. The van der Waals surface area contributed by atoms with Gasteiger partial charge in [-0.15, -0.1) is 20.4 Å². The van der Waals surface area contributed by atoms with E-state index in [4.69, 9.17) is 21.6 Å². The van der Waals surface area contributed by atoms with Crippen LogP contribution in [0.25, 0.3) is 32.8 Å². The summed E-state index contributed by atoms with van der Waals surface area (Å²) in [5.41, 5.74) is 6.30. The first-order valence-corrected chi connectivity index (χ1v) is 23.2. The molecule has 2 fully saturated rings. The maximum atomic E-state index is 12.9. The number of hydrogen-bond acceptors (Lipinski definition) is 10. The van der Waals surface area contributed by atoms with Gasteiger partial charge in [-0.05, 0) is 57.4 Å². The zero-order chi connectivity index (χ0) is 47.7. The fourth-order valence-electron chi connectivity index (χ4n) is 8.67. The number of hydrogen-bond donors (Lipinski definition) is 2. The Balaban J connectivity index is 0.000000155. The van der Waals surface area contributed by atoms with E-state index in [1.54, 1.807) is 12.1 Å². The van der Waals surface area contributed by atoms with E-state index in [0.717, 1.165) is 67.7 Å². The van der Waals surface area contributed by atoms with Crippen molar-refractivity contribution in [3.8, 4) is 11.3 Å². The molecule has 2 aliphatic heterocycles. The number of carbonyl (C=O) groups excluding carboxylic acids is 2. The zero-order valence-electron chi connectivity index (χ0n) is 38.7. The Hall–Kier alpha value is -7.19. The molecule has 8 aromatic rings. The number of aromatic nitrogens is 4. The standard InChI is InChI=1S/C27H26N4O.C20H19ClN4O.C7H9BO2/c1-19-12-14-21(15-13-19)25-23-10-6-7-11-24(23)26(29-28-25)31-17-16-30(18-20(31)2)27(32)22-8-4-3-5-9-22;1-14-13-24(20(26)15-7-3-2-4-8-15)11-12-25(14)19-17-10-6-5-9-16(17)18(21)22-23-19;1-6-2-4-7(5-3-6)8(9)10/h3-15,20H,16-18H2,1-2H3;2-10,14H,11-13H2,1H3;2-5,9-10H,1H3/t20-;14-;/m11./s1. The molecule has 12 nitrogen and oxygen atoms in total. The number of amides is 2. The quantitative estimate of drug-likeness (QED) is 0.157. The number of nitrogens with zero attached hydrogens (tertiary/aromatic N) is 8. The van der Waals surface area contributed by atoms with Crippen LogP contribution in [-0.4, -0.2) is 111 Å². The van der Waals surface area contributed by atoms with E-state index < -0.39 is 7.12 Å². The lowest BCUT2D eigenvalue weighted by atomic mass is 9.80. The first-order chi connectivity index (χ1) is 33.0. The Kier molecular flexibility index (Phi) is 15.0. The molecule has 2 amide bonds. The smallest absolute Gasteiger partial charge is 0.423 e. The predicted octanol–water partition coefficient (Wildman–Crippen LogP) is 8.27.